The summed E-state index contributed by atoms with van der Waals surface area (Å²) in [5.74, 6) is 0. The number of fused-ring (bicyclic) bond motifs is 2. The van der Waals surface area contributed by atoms with Gasteiger partial charge in [-0.05, 0) is 61.9 Å². The first kappa shape index (κ1) is 20.1. The van der Waals surface area contributed by atoms with Gasteiger partial charge in [0.1, 0.15) is 5.71 Å². The monoisotopic (exact) mass is 470 g/mol. The van der Waals surface area contributed by atoms with Gasteiger partial charge < -0.3 is 17.6 Å². The van der Waals surface area contributed by atoms with Gasteiger partial charge in [0.2, 0.25) is 0 Å². The quantitative estimate of drug-likeness (QED) is 0.340. The topological polar surface area (TPSA) is 7.94 Å². The van der Waals surface area contributed by atoms with Crippen LogP contribution < -0.4 is 0 Å². The molecule has 9 heteroatoms. The maximum absolute atomic E-state index is 15.6. The van der Waals surface area contributed by atoms with Crippen LogP contribution in [0.2, 0.25) is 0 Å². The van der Waals surface area contributed by atoms with E-state index in [2.05, 4.69) is 15.9 Å². The van der Waals surface area contributed by atoms with Crippen molar-refractivity contribution in [1.29, 1.82) is 0 Å². The van der Waals surface area contributed by atoms with Crippen LogP contribution in [0, 0.1) is 13.8 Å². The van der Waals surface area contributed by atoms with Gasteiger partial charge in [-0.25, -0.2) is 0 Å². The third-order valence-corrected chi connectivity index (χ3v) is 5.91. The molecule has 29 heavy (non-hydrogen) atoms. The number of hydrogen-bond acceptors (Lipinski definition) is 0. The molecule has 0 saturated carbocycles. The number of aromatic nitrogens is 1. The Morgan fingerprint density at radius 2 is 1.66 bits per heavy atom. The second-order valence-electron chi connectivity index (χ2n) is 7.56. The Morgan fingerprint density at radius 3 is 2.28 bits per heavy atom. The Hall–Kier alpha value is -2.16. The van der Waals surface area contributed by atoms with Crippen LogP contribution in [-0.2, 0) is 6.18 Å². The Balaban J connectivity index is 2.16. The molecule has 0 bridgehead atoms. The van der Waals surface area contributed by atoms with E-state index in [4.69, 9.17) is 0 Å². The zero-order chi connectivity index (χ0) is 21.5. The van der Waals surface area contributed by atoms with Crippen molar-refractivity contribution >= 4 is 34.2 Å². The molecule has 2 aliphatic rings. The highest BCUT2D eigenvalue weighted by Crippen LogP contribution is 2.45. The van der Waals surface area contributed by atoms with Crippen molar-refractivity contribution in [3.63, 3.8) is 0 Å². The molecule has 1 aromatic carbocycles. The number of rotatable bonds is 1. The van der Waals surface area contributed by atoms with Crippen LogP contribution in [0.1, 0.15) is 41.9 Å². The van der Waals surface area contributed by atoms with Gasteiger partial charge in [0.15, 0.2) is 5.70 Å². The highest BCUT2D eigenvalue weighted by molar-refractivity contribution is 9.10. The highest BCUT2D eigenvalue weighted by Gasteiger charge is 2.55. The fourth-order valence-corrected chi connectivity index (χ4v) is 4.96. The average molecular weight is 471 g/mol. The second kappa shape index (κ2) is 6.17. The summed E-state index contributed by atoms with van der Waals surface area (Å²) in [6.45, 7) is 2.41. The van der Waals surface area contributed by atoms with E-state index >= 15 is 8.63 Å². The number of nitrogens with zero attached hydrogens (tertiary/aromatic N) is 2. The smallest absolute Gasteiger partial charge is 0.393 e. The average Bonchev–Trinajstić information content (AvgIpc) is 3.04. The van der Waals surface area contributed by atoms with Crippen molar-refractivity contribution in [3.05, 3.63) is 74.2 Å². The Labute approximate surface area is 173 Å². The lowest BCUT2D eigenvalue weighted by Gasteiger charge is -2.34. The lowest BCUT2D eigenvalue weighted by molar-refractivity contribution is -0.363. The van der Waals surface area contributed by atoms with E-state index in [1.165, 1.54) is 0 Å². The molecule has 2 aromatic rings. The molecule has 0 amide bonds. The van der Waals surface area contributed by atoms with Crippen LogP contribution in [0.4, 0.5) is 21.8 Å². The van der Waals surface area contributed by atoms with Crippen molar-refractivity contribution in [1.82, 2.24) is 4.48 Å². The number of alkyl halides is 3. The molecular formula is C20H17BBrF5N2. The molecule has 0 aliphatic carbocycles. The van der Waals surface area contributed by atoms with Crippen LogP contribution in [0.15, 0.2) is 46.1 Å². The van der Waals surface area contributed by atoms with Crippen LogP contribution in [-0.4, -0.2) is 21.6 Å². The van der Waals surface area contributed by atoms with Gasteiger partial charge in [-0.3, -0.25) is 0 Å². The molecule has 0 fully saturated rings. The minimum atomic E-state index is -4.55. The largest absolute Gasteiger partial charge is 0.737 e. The van der Waals surface area contributed by atoms with Gasteiger partial charge in [0, 0.05) is 28.7 Å². The maximum atomic E-state index is 15.6. The van der Waals surface area contributed by atoms with Crippen molar-refractivity contribution < 1.29 is 26.3 Å². The van der Waals surface area contributed by atoms with Gasteiger partial charge in [0.25, 0.3) is 0 Å². The van der Waals surface area contributed by atoms with Gasteiger partial charge >= 0.3 is 13.1 Å². The molecular weight excluding hydrogens is 454 g/mol. The normalized spacial score (nSPS) is 18.2. The number of halogens is 6. The van der Waals surface area contributed by atoms with Gasteiger partial charge in [0.05, 0.1) is 11.1 Å². The fraction of sp³-hybridized carbons (Fsp3) is 0.250. The van der Waals surface area contributed by atoms with Crippen LogP contribution in [0.25, 0.3) is 5.57 Å². The maximum Gasteiger partial charge on any atom is 0.737 e. The van der Waals surface area contributed by atoms with Crippen LogP contribution >= 0.6 is 15.9 Å². The predicted molar refractivity (Wildman–Crippen MR) is 107 cm³/mol. The van der Waals surface area contributed by atoms with Crippen molar-refractivity contribution in [2.24, 2.45) is 0 Å². The molecule has 3 heterocycles. The summed E-state index contributed by atoms with van der Waals surface area (Å²) in [6.07, 6.45) is -2.91. The van der Waals surface area contributed by atoms with Crippen molar-refractivity contribution in [2.45, 2.75) is 33.9 Å². The lowest BCUT2D eigenvalue weighted by atomic mass is 9.83. The van der Waals surface area contributed by atoms with Crippen molar-refractivity contribution in [3.8, 4) is 0 Å². The predicted octanol–water partition coefficient (Wildman–Crippen LogP) is 6.32. The Bertz CT molecular complexity index is 1170. The zero-order valence-corrected chi connectivity index (χ0v) is 17.7. The highest BCUT2D eigenvalue weighted by atomic mass is 79.9. The molecule has 4 rings (SSSR count). The molecule has 0 radical (unpaired) electrons. The van der Waals surface area contributed by atoms with E-state index in [-0.39, 0.29) is 21.4 Å². The summed E-state index contributed by atoms with van der Waals surface area (Å²) in [7, 11) is 0. The summed E-state index contributed by atoms with van der Waals surface area (Å²) >= 11 is 3.15. The molecule has 2 nitrogen and oxygen atoms in total. The SMILES string of the molecule is CC1=CC(C)=[N+]2C1=C(c1cc(Br)cc(C(F)(F)F)c1)c1c(C)cc(C)n1[B-]2(F)F. The first-order chi connectivity index (χ1) is 13.3. The lowest BCUT2D eigenvalue weighted by Crippen LogP contribution is -2.51. The standard InChI is InChI=1S/C20H17BBrF5N2/c1-10-5-12(3)28-18(10)17(14-7-15(20(23,24)25)9-16(22)8-14)19-11(2)6-13(4)29(19)21(28,26)27/h5-9H,1-4H3. The number of aryl methyl sites for hydroxylation is 2. The summed E-state index contributed by atoms with van der Waals surface area (Å²) in [5, 5.41) is 0. The molecule has 0 atom stereocenters. The molecule has 0 spiro atoms. The molecule has 0 N–H and O–H groups in total. The van der Waals surface area contributed by atoms with Gasteiger partial charge in [-0.1, -0.05) is 15.9 Å². The molecule has 2 aliphatic heterocycles. The molecule has 1 aromatic heterocycles. The van der Waals surface area contributed by atoms with E-state index < -0.39 is 18.7 Å². The first-order valence-corrected chi connectivity index (χ1v) is 9.78. The minimum Gasteiger partial charge on any atom is -0.393 e. The molecule has 0 saturated heterocycles. The van der Waals surface area contributed by atoms with E-state index in [0.717, 1.165) is 21.1 Å². The summed E-state index contributed by atoms with van der Waals surface area (Å²) in [4.78, 5) is 0. The van der Waals surface area contributed by atoms with Gasteiger partial charge in [-0.15, -0.1) is 0 Å². The van der Waals surface area contributed by atoms with Crippen LogP contribution in [0.5, 0.6) is 0 Å². The second-order valence-corrected chi connectivity index (χ2v) is 8.48. The fourth-order valence-electron chi connectivity index (χ4n) is 4.47. The first-order valence-electron chi connectivity index (χ1n) is 8.99. The number of benzene rings is 1. The Kier molecular flexibility index (Phi) is 4.28. The number of allylic oxidation sites excluding steroid dienone is 2. The number of hydrogen-bond donors (Lipinski definition) is 0. The van der Waals surface area contributed by atoms with E-state index in [1.807, 2.05) is 0 Å². The zero-order valence-electron chi connectivity index (χ0n) is 16.1. The van der Waals surface area contributed by atoms with E-state index in [9.17, 15) is 13.2 Å². The van der Waals surface area contributed by atoms with E-state index in [1.54, 1.807) is 45.9 Å². The molecule has 152 valence electrons. The van der Waals surface area contributed by atoms with Gasteiger partial charge in [-0.2, -0.15) is 13.2 Å². The van der Waals surface area contributed by atoms with Crippen LogP contribution in [0.3, 0.4) is 0 Å². The van der Waals surface area contributed by atoms with E-state index in [0.29, 0.717) is 28.1 Å². The minimum absolute atomic E-state index is 0.234. The molecule has 0 unspecified atom stereocenters. The Morgan fingerprint density at radius 1 is 1.00 bits per heavy atom. The summed E-state index contributed by atoms with van der Waals surface area (Å²) in [6, 6.07) is 5.19. The van der Waals surface area contributed by atoms with Crippen molar-refractivity contribution in [2.75, 3.05) is 0 Å². The summed E-state index contributed by atoms with van der Waals surface area (Å²) < 4.78 is 73.6. The third kappa shape index (κ3) is 2.85. The summed E-state index contributed by atoms with van der Waals surface area (Å²) in [5.41, 5.74) is 2.21. The third-order valence-electron chi connectivity index (χ3n) is 5.45.